The largest absolute Gasteiger partial charge is 0.497 e. The summed E-state index contributed by atoms with van der Waals surface area (Å²) in [4.78, 5) is 37.3. The molecule has 1 fully saturated rings. The first-order valence-electron chi connectivity index (χ1n) is 11.5. The molecule has 11 nitrogen and oxygen atoms in total. The number of cyclic esters (lactones) is 1. The van der Waals surface area contributed by atoms with Crippen molar-refractivity contribution in [2.24, 2.45) is 0 Å². The van der Waals surface area contributed by atoms with Crippen LogP contribution in [0.2, 0.25) is 0 Å². The van der Waals surface area contributed by atoms with E-state index in [0.717, 1.165) is 5.56 Å². The summed E-state index contributed by atoms with van der Waals surface area (Å²) in [6.45, 7) is 5.28. The lowest BCUT2D eigenvalue weighted by Gasteiger charge is -2.26. The lowest BCUT2D eigenvalue weighted by molar-refractivity contribution is -0.143. The molecule has 0 radical (unpaired) electrons. The Labute approximate surface area is 215 Å². The Hall–Kier alpha value is -4.15. The van der Waals surface area contributed by atoms with Gasteiger partial charge in [0.15, 0.2) is 6.04 Å². The number of esters is 1. The summed E-state index contributed by atoms with van der Waals surface area (Å²) in [5.74, 6) is 0.437. The zero-order valence-electron chi connectivity index (χ0n) is 21.9. The fraction of sp³-hybridized carbons (Fsp3) is 0.423. The average molecular weight is 517 g/mol. The standard InChI is InChI=1S/C26H32N2O9/c1-26(2,3)37-25(31)28-22(23(29)35-7)17-11-15(32-4)12-20(34-6)21(17)16-10-14(8-9-19(16)33-5)18-13-36-24(30)27-18/h8-12,18,22H,13H2,1-7H3,(H,27,30)(H,28,31)/t18-,22-/m0/s1. The summed E-state index contributed by atoms with van der Waals surface area (Å²) in [6, 6.07) is 6.90. The van der Waals surface area contributed by atoms with Crippen LogP contribution >= 0.6 is 0 Å². The minimum absolute atomic E-state index is 0.155. The minimum Gasteiger partial charge on any atom is -0.497 e. The number of benzene rings is 2. The van der Waals surface area contributed by atoms with E-state index in [1.54, 1.807) is 51.1 Å². The Morgan fingerprint density at radius 1 is 1.03 bits per heavy atom. The Kier molecular flexibility index (Phi) is 8.36. The third-order valence-corrected chi connectivity index (χ3v) is 5.54. The van der Waals surface area contributed by atoms with E-state index in [1.807, 2.05) is 0 Å². The van der Waals surface area contributed by atoms with Crippen LogP contribution in [0, 0.1) is 0 Å². The van der Waals surface area contributed by atoms with Crippen molar-refractivity contribution >= 4 is 18.2 Å². The Morgan fingerprint density at radius 2 is 1.73 bits per heavy atom. The molecule has 1 aliphatic heterocycles. The third kappa shape index (κ3) is 6.35. The van der Waals surface area contributed by atoms with Gasteiger partial charge in [-0.2, -0.15) is 0 Å². The van der Waals surface area contributed by atoms with Gasteiger partial charge < -0.3 is 39.1 Å². The molecule has 2 N–H and O–H groups in total. The van der Waals surface area contributed by atoms with Crippen LogP contribution in [0.1, 0.15) is 44.0 Å². The van der Waals surface area contributed by atoms with Crippen molar-refractivity contribution in [2.45, 2.75) is 38.5 Å². The number of carbonyl (C=O) groups is 3. The van der Waals surface area contributed by atoms with Crippen molar-refractivity contribution in [3.8, 4) is 28.4 Å². The van der Waals surface area contributed by atoms with Crippen LogP contribution in [0.25, 0.3) is 11.1 Å². The number of ether oxygens (including phenoxy) is 6. The maximum atomic E-state index is 13.0. The highest BCUT2D eigenvalue weighted by Gasteiger charge is 2.33. The van der Waals surface area contributed by atoms with Crippen LogP contribution in [-0.2, 0) is 19.0 Å². The quantitative estimate of drug-likeness (QED) is 0.396. The summed E-state index contributed by atoms with van der Waals surface area (Å²) in [6.07, 6.45) is -1.33. The van der Waals surface area contributed by atoms with E-state index in [1.165, 1.54) is 28.4 Å². The first kappa shape index (κ1) is 27.4. The molecule has 11 heteroatoms. The van der Waals surface area contributed by atoms with Crippen molar-refractivity contribution in [2.75, 3.05) is 35.0 Å². The number of amides is 2. The van der Waals surface area contributed by atoms with Crippen LogP contribution in [0.15, 0.2) is 30.3 Å². The van der Waals surface area contributed by atoms with E-state index in [0.29, 0.717) is 33.9 Å². The molecule has 0 unspecified atom stereocenters. The van der Waals surface area contributed by atoms with Gasteiger partial charge in [-0.25, -0.2) is 14.4 Å². The van der Waals surface area contributed by atoms with Crippen molar-refractivity contribution in [3.63, 3.8) is 0 Å². The summed E-state index contributed by atoms with van der Waals surface area (Å²) >= 11 is 0. The van der Waals surface area contributed by atoms with Crippen molar-refractivity contribution in [1.82, 2.24) is 10.6 Å². The molecule has 0 aromatic heterocycles. The molecule has 37 heavy (non-hydrogen) atoms. The topological polar surface area (TPSA) is 131 Å². The van der Waals surface area contributed by atoms with Crippen LogP contribution < -0.4 is 24.8 Å². The molecule has 200 valence electrons. The summed E-state index contributed by atoms with van der Waals surface area (Å²) in [5, 5.41) is 5.35. The number of rotatable bonds is 8. The highest BCUT2D eigenvalue weighted by molar-refractivity contribution is 5.89. The van der Waals surface area contributed by atoms with Crippen molar-refractivity contribution in [3.05, 3.63) is 41.5 Å². The van der Waals surface area contributed by atoms with Gasteiger partial charge in [-0.15, -0.1) is 0 Å². The molecule has 0 saturated carbocycles. The Morgan fingerprint density at radius 3 is 2.27 bits per heavy atom. The predicted octanol–water partition coefficient (Wildman–Crippen LogP) is 3.90. The van der Waals surface area contributed by atoms with Gasteiger partial charge in [-0.05, 0) is 44.5 Å². The molecule has 1 heterocycles. The SMILES string of the molecule is COC(=O)[C@@H](NC(=O)OC(C)(C)C)c1cc(OC)cc(OC)c1-c1cc([C@@H]2COC(=O)N2)ccc1OC. The van der Waals surface area contributed by atoms with Gasteiger partial charge in [-0.3, -0.25) is 0 Å². The highest BCUT2D eigenvalue weighted by atomic mass is 16.6. The van der Waals surface area contributed by atoms with Crippen LogP contribution in [-0.4, -0.2) is 58.8 Å². The van der Waals surface area contributed by atoms with E-state index in [2.05, 4.69) is 10.6 Å². The molecule has 1 saturated heterocycles. The van der Waals surface area contributed by atoms with Crippen LogP contribution in [0.5, 0.6) is 17.2 Å². The number of methoxy groups -OCH3 is 4. The van der Waals surface area contributed by atoms with E-state index in [9.17, 15) is 14.4 Å². The molecule has 0 aliphatic carbocycles. The van der Waals surface area contributed by atoms with Gasteiger partial charge in [0.05, 0.1) is 34.5 Å². The van der Waals surface area contributed by atoms with Crippen LogP contribution in [0.4, 0.5) is 9.59 Å². The van der Waals surface area contributed by atoms with Gasteiger partial charge in [-0.1, -0.05) is 6.07 Å². The molecule has 2 aromatic rings. The number of alkyl carbamates (subject to hydrolysis) is 2. The summed E-state index contributed by atoms with van der Waals surface area (Å²) in [7, 11) is 5.66. The molecule has 0 spiro atoms. The zero-order valence-corrected chi connectivity index (χ0v) is 21.9. The van der Waals surface area contributed by atoms with Gasteiger partial charge in [0, 0.05) is 22.8 Å². The number of nitrogens with one attached hydrogen (secondary N) is 2. The fourth-order valence-electron chi connectivity index (χ4n) is 3.91. The smallest absolute Gasteiger partial charge is 0.408 e. The van der Waals surface area contributed by atoms with E-state index in [-0.39, 0.29) is 12.6 Å². The fourth-order valence-corrected chi connectivity index (χ4v) is 3.91. The Balaban J connectivity index is 2.25. The zero-order chi connectivity index (χ0) is 27.3. The second-order valence-corrected chi connectivity index (χ2v) is 9.15. The molecule has 3 rings (SSSR count). The lowest BCUT2D eigenvalue weighted by Crippen LogP contribution is -2.38. The first-order valence-corrected chi connectivity index (χ1v) is 11.5. The molecule has 1 aliphatic rings. The molecular formula is C26H32N2O9. The highest BCUT2D eigenvalue weighted by Crippen LogP contribution is 2.45. The predicted molar refractivity (Wildman–Crippen MR) is 133 cm³/mol. The third-order valence-electron chi connectivity index (χ3n) is 5.54. The number of hydrogen-bond donors (Lipinski definition) is 2. The average Bonchev–Trinajstić information content (AvgIpc) is 3.30. The summed E-state index contributed by atoms with van der Waals surface area (Å²) in [5.41, 5.74) is 1.23. The van der Waals surface area contributed by atoms with Gasteiger partial charge >= 0.3 is 18.2 Å². The molecule has 2 aromatic carbocycles. The monoisotopic (exact) mass is 516 g/mol. The van der Waals surface area contributed by atoms with E-state index < -0.39 is 29.8 Å². The molecular weight excluding hydrogens is 484 g/mol. The molecule has 2 amide bonds. The maximum Gasteiger partial charge on any atom is 0.408 e. The van der Waals surface area contributed by atoms with Gasteiger partial charge in [0.2, 0.25) is 0 Å². The van der Waals surface area contributed by atoms with Gasteiger partial charge in [0.1, 0.15) is 29.5 Å². The van der Waals surface area contributed by atoms with Gasteiger partial charge in [0.25, 0.3) is 0 Å². The second kappa shape index (κ2) is 11.3. The summed E-state index contributed by atoms with van der Waals surface area (Å²) < 4.78 is 32.2. The lowest BCUT2D eigenvalue weighted by atomic mass is 9.90. The van der Waals surface area contributed by atoms with E-state index >= 15 is 0 Å². The number of carbonyl (C=O) groups excluding carboxylic acids is 3. The molecule has 0 bridgehead atoms. The number of hydrogen-bond acceptors (Lipinski definition) is 9. The second-order valence-electron chi connectivity index (χ2n) is 9.15. The van der Waals surface area contributed by atoms with Crippen molar-refractivity contribution < 1.29 is 42.8 Å². The first-order chi connectivity index (χ1) is 17.5. The molecule has 2 atom stereocenters. The Bertz CT molecular complexity index is 1170. The minimum atomic E-state index is -1.29. The van der Waals surface area contributed by atoms with Crippen LogP contribution in [0.3, 0.4) is 0 Å². The maximum absolute atomic E-state index is 13.0. The van der Waals surface area contributed by atoms with E-state index in [4.69, 9.17) is 28.4 Å². The van der Waals surface area contributed by atoms with Crippen molar-refractivity contribution in [1.29, 1.82) is 0 Å². The normalized spacial score (nSPS) is 15.6.